The normalized spacial score (nSPS) is 13.7. The Kier molecular flexibility index (Phi) is 6.39. The Balaban J connectivity index is 1.20. The molecule has 1 aliphatic rings. The summed E-state index contributed by atoms with van der Waals surface area (Å²) in [7, 11) is 0. The molecule has 1 aliphatic heterocycles. The summed E-state index contributed by atoms with van der Waals surface area (Å²) >= 11 is 0. The molecule has 1 fully saturated rings. The van der Waals surface area contributed by atoms with E-state index in [-0.39, 0.29) is 12.5 Å². The molecule has 2 aromatic carbocycles. The minimum absolute atomic E-state index is 0.0199. The Bertz CT molecular complexity index is 928. The second-order valence-electron chi connectivity index (χ2n) is 6.95. The Morgan fingerprint density at radius 1 is 0.800 bits per heavy atom. The van der Waals surface area contributed by atoms with Gasteiger partial charge in [-0.05, 0) is 35.9 Å². The highest BCUT2D eigenvalue weighted by Crippen LogP contribution is 2.19. The molecule has 1 amide bonds. The van der Waals surface area contributed by atoms with E-state index in [0.29, 0.717) is 44.5 Å². The van der Waals surface area contributed by atoms with Crippen molar-refractivity contribution in [3.8, 4) is 11.5 Å². The summed E-state index contributed by atoms with van der Waals surface area (Å²) in [6, 6.07) is 19.1. The lowest BCUT2D eigenvalue weighted by molar-refractivity contribution is -0.133. The van der Waals surface area contributed by atoms with Crippen molar-refractivity contribution >= 4 is 11.9 Å². The quantitative estimate of drug-likeness (QED) is 0.603. The Hall–Kier alpha value is -3.61. The number of anilines is 1. The van der Waals surface area contributed by atoms with E-state index in [0.717, 1.165) is 11.3 Å². The summed E-state index contributed by atoms with van der Waals surface area (Å²) in [6.45, 7) is 3.22. The molecule has 0 bridgehead atoms. The van der Waals surface area contributed by atoms with Crippen LogP contribution >= 0.6 is 0 Å². The second-order valence-corrected chi connectivity index (χ2v) is 6.95. The number of piperazine rings is 1. The molecule has 0 aliphatic carbocycles. The van der Waals surface area contributed by atoms with Gasteiger partial charge < -0.3 is 19.3 Å². The van der Waals surface area contributed by atoms with Gasteiger partial charge in [-0.15, -0.1) is 0 Å². The fourth-order valence-corrected chi connectivity index (χ4v) is 3.22. The minimum atomic E-state index is -0.0203. The molecule has 2 heterocycles. The van der Waals surface area contributed by atoms with Crippen LogP contribution in [0.25, 0.3) is 0 Å². The maximum absolute atomic E-state index is 12.5. The van der Waals surface area contributed by atoms with Gasteiger partial charge in [-0.1, -0.05) is 30.3 Å². The monoisotopic (exact) mass is 404 g/mol. The van der Waals surface area contributed by atoms with Gasteiger partial charge in [-0.25, -0.2) is 9.97 Å². The molecule has 1 saturated heterocycles. The third kappa shape index (κ3) is 5.26. The average molecular weight is 404 g/mol. The number of rotatable bonds is 7. The summed E-state index contributed by atoms with van der Waals surface area (Å²) < 4.78 is 11.4. The smallest absolute Gasteiger partial charge is 0.260 e. The molecular weight excluding hydrogens is 380 g/mol. The van der Waals surface area contributed by atoms with Gasteiger partial charge in [0, 0.05) is 38.6 Å². The fourth-order valence-electron chi connectivity index (χ4n) is 3.22. The van der Waals surface area contributed by atoms with Crippen LogP contribution in [0, 0.1) is 0 Å². The zero-order valence-electron chi connectivity index (χ0n) is 16.7. The molecule has 3 aromatic rings. The summed E-state index contributed by atoms with van der Waals surface area (Å²) in [5, 5.41) is 0. The summed E-state index contributed by atoms with van der Waals surface area (Å²) in [5.41, 5.74) is 1.11. The highest BCUT2D eigenvalue weighted by Gasteiger charge is 2.22. The SMILES string of the molecule is O=C(COc1ccc(OCc2ccccc2)cc1)N1CCN(c2ncccn2)CC1. The number of carbonyl (C=O) groups excluding carboxylic acids is 1. The van der Waals surface area contributed by atoms with Gasteiger partial charge in [0.15, 0.2) is 6.61 Å². The van der Waals surface area contributed by atoms with Crippen LogP contribution in [-0.2, 0) is 11.4 Å². The van der Waals surface area contributed by atoms with Crippen molar-refractivity contribution in [3.05, 3.63) is 78.6 Å². The number of carbonyl (C=O) groups is 1. The van der Waals surface area contributed by atoms with E-state index in [1.165, 1.54) is 0 Å². The predicted octanol–water partition coefficient (Wildman–Crippen LogP) is 2.78. The van der Waals surface area contributed by atoms with Gasteiger partial charge in [0.1, 0.15) is 18.1 Å². The van der Waals surface area contributed by atoms with Crippen molar-refractivity contribution in [2.45, 2.75) is 6.61 Å². The number of nitrogens with zero attached hydrogens (tertiary/aromatic N) is 4. The molecule has 0 atom stereocenters. The van der Waals surface area contributed by atoms with Gasteiger partial charge in [0.25, 0.3) is 5.91 Å². The first kappa shape index (κ1) is 19.7. The summed E-state index contributed by atoms with van der Waals surface area (Å²) in [6.07, 6.45) is 3.46. The lowest BCUT2D eigenvalue weighted by Crippen LogP contribution is -2.50. The molecule has 154 valence electrons. The third-order valence-corrected chi connectivity index (χ3v) is 4.90. The van der Waals surface area contributed by atoms with Crippen LogP contribution in [0.15, 0.2) is 73.1 Å². The molecule has 0 unspecified atom stereocenters. The zero-order chi connectivity index (χ0) is 20.6. The maximum atomic E-state index is 12.5. The van der Waals surface area contributed by atoms with Crippen molar-refractivity contribution in [3.63, 3.8) is 0 Å². The molecule has 1 aromatic heterocycles. The van der Waals surface area contributed by atoms with Gasteiger partial charge in [-0.2, -0.15) is 0 Å². The average Bonchev–Trinajstić information content (AvgIpc) is 2.83. The van der Waals surface area contributed by atoms with Gasteiger partial charge in [0.2, 0.25) is 5.95 Å². The van der Waals surface area contributed by atoms with E-state index in [9.17, 15) is 4.79 Å². The highest BCUT2D eigenvalue weighted by atomic mass is 16.5. The number of hydrogen-bond donors (Lipinski definition) is 0. The molecule has 30 heavy (non-hydrogen) atoms. The largest absolute Gasteiger partial charge is 0.489 e. The zero-order valence-corrected chi connectivity index (χ0v) is 16.7. The third-order valence-electron chi connectivity index (χ3n) is 4.90. The Morgan fingerprint density at radius 3 is 2.10 bits per heavy atom. The van der Waals surface area contributed by atoms with Gasteiger partial charge in [0.05, 0.1) is 0 Å². The fraction of sp³-hybridized carbons (Fsp3) is 0.261. The van der Waals surface area contributed by atoms with E-state index in [1.54, 1.807) is 18.5 Å². The topological polar surface area (TPSA) is 67.8 Å². The molecule has 0 radical (unpaired) electrons. The lowest BCUT2D eigenvalue weighted by atomic mass is 10.2. The van der Waals surface area contributed by atoms with Crippen molar-refractivity contribution in [1.82, 2.24) is 14.9 Å². The molecule has 7 nitrogen and oxygen atoms in total. The highest BCUT2D eigenvalue weighted by molar-refractivity contribution is 5.78. The van der Waals surface area contributed by atoms with Crippen molar-refractivity contribution in [1.29, 1.82) is 0 Å². The van der Waals surface area contributed by atoms with Crippen LogP contribution in [0.4, 0.5) is 5.95 Å². The van der Waals surface area contributed by atoms with Crippen LogP contribution in [0.2, 0.25) is 0 Å². The lowest BCUT2D eigenvalue weighted by Gasteiger charge is -2.34. The first-order valence-electron chi connectivity index (χ1n) is 9.97. The molecule has 0 N–H and O–H groups in total. The van der Waals surface area contributed by atoms with E-state index >= 15 is 0 Å². The van der Waals surface area contributed by atoms with Crippen LogP contribution < -0.4 is 14.4 Å². The summed E-state index contributed by atoms with van der Waals surface area (Å²) in [4.78, 5) is 24.9. The maximum Gasteiger partial charge on any atom is 0.260 e. The molecule has 0 spiro atoms. The van der Waals surface area contributed by atoms with E-state index in [4.69, 9.17) is 9.47 Å². The van der Waals surface area contributed by atoms with Crippen LogP contribution in [0.3, 0.4) is 0 Å². The first-order chi connectivity index (χ1) is 14.8. The molecule has 4 rings (SSSR count). The number of amides is 1. The number of ether oxygens (including phenoxy) is 2. The van der Waals surface area contributed by atoms with Crippen molar-refractivity contribution < 1.29 is 14.3 Å². The van der Waals surface area contributed by atoms with Crippen LogP contribution in [-0.4, -0.2) is 53.6 Å². The Morgan fingerprint density at radius 2 is 1.43 bits per heavy atom. The second kappa shape index (κ2) is 9.73. The first-order valence-corrected chi connectivity index (χ1v) is 9.97. The molecule has 7 heteroatoms. The molecular formula is C23H24N4O3. The number of hydrogen-bond acceptors (Lipinski definition) is 6. The van der Waals surface area contributed by atoms with Crippen molar-refractivity contribution in [2.24, 2.45) is 0 Å². The van der Waals surface area contributed by atoms with Crippen LogP contribution in [0.5, 0.6) is 11.5 Å². The van der Waals surface area contributed by atoms with E-state index in [2.05, 4.69) is 14.9 Å². The summed E-state index contributed by atoms with van der Waals surface area (Å²) in [5.74, 6) is 2.09. The van der Waals surface area contributed by atoms with Gasteiger partial charge >= 0.3 is 0 Å². The predicted molar refractivity (Wildman–Crippen MR) is 114 cm³/mol. The van der Waals surface area contributed by atoms with E-state index < -0.39 is 0 Å². The van der Waals surface area contributed by atoms with Crippen LogP contribution in [0.1, 0.15) is 5.56 Å². The molecule has 0 saturated carbocycles. The minimum Gasteiger partial charge on any atom is -0.489 e. The van der Waals surface area contributed by atoms with Gasteiger partial charge in [-0.3, -0.25) is 4.79 Å². The Labute approximate surface area is 175 Å². The number of benzene rings is 2. The number of aromatic nitrogens is 2. The standard InChI is InChI=1S/C23H24N4O3/c28-22(26-13-15-27(16-14-26)23-24-11-4-12-25-23)18-30-21-9-7-20(8-10-21)29-17-19-5-2-1-3-6-19/h1-12H,13-18H2. The van der Waals surface area contributed by atoms with Crippen molar-refractivity contribution in [2.75, 3.05) is 37.7 Å². The van der Waals surface area contributed by atoms with E-state index in [1.807, 2.05) is 59.5 Å².